The van der Waals surface area contributed by atoms with Gasteiger partial charge < -0.3 is 24.4 Å². The Kier molecular flexibility index (Phi) is 9.25. The molecule has 4 rings (SSSR count). The van der Waals surface area contributed by atoms with Gasteiger partial charge in [0.2, 0.25) is 0 Å². The maximum Gasteiger partial charge on any atom is 0.314 e. The van der Waals surface area contributed by atoms with E-state index >= 15 is 0 Å². The summed E-state index contributed by atoms with van der Waals surface area (Å²) < 4.78 is 31.6. The summed E-state index contributed by atoms with van der Waals surface area (Å²) >= 11 is 9.56. The van der Waals surface area contributed by atoms with Gasteiger partial charge in [0.15, 0.2) is 0 Å². The lowest BCUT2D eigenvalue weighted by Gasteiger charge is -2.20. The summed E-state index contributed by atoms with van der Waals surface area (Å²) in [5, 5.41) is 3.10. The third-order valence-corrected chi connectivity index (χ3v) is 6.75. The standard InChI is InChI=1S/C28H27BrClFN2O5/c1-17-11-22(6-7-23(17)31)38-26-13-21(30)5-3-19(26)14-33(2)28(35)27(34)32-24-12-20(29)4-8-25(24)37-16-18-9-10-36-15-18/h3-8,11-13,18H,9-10,14-16H2,1-2H3,(H,32,34). The lowest BCUT2D eigenvalue weighted by molar-refractivity contribution is -0.142. The first-order valence-corrected chi connectivity index (χ1v) is 13.2. The number of aryl methyl sites for hydroxylation is 1. The molecule has 1 N–H and O–H groups in total. The molecule has 0 aromatic heterocycles. The van der Waals surface area contributed by atoms with E-state index in [2.05, 4.69) is 21.2 Å². The Morgan fingerprint density at radius 1 is 1.16 bits per heavy atom. The van der Waals surface area contributed by atoms with Crippen LogP contribution in [0.5, 0.6) is 17.2 Å². The van der Waals surface area contributed by atoms with Gasteiger partial charge in [-0.15, -0.1) is 0 Å². The van der Waals surface area contributed by atoms with Crippen LogP contribution in [0.15, 0.2) is 59.1 Å². The van der Waals surface area contributed by atoms with Crippen LogP contribution in [0.4, 0.5) is 10.1 Å². The molecule has 0 aliphatic carbocycles. The Labute approximate surface area is 233 Å². The molecule has 0 saturated carbocycles. The number of amides is 2. The van der Waals surface area contributed by atoms with Crippen molar-refractivity contribution in [3.05, 3.63) is 81.0 Å². The van der Waals surface area contributed by atoms with Gasteiger partial charge in [0.1, 0.15) is 23.1 Å². The number of ether oxygens (including phenoxy) is 3. The summed E-state index contributed by atoms with van der Waals surface area (Å²) in [4.78, 5) is 27.1. The zero-order valence-electron chi connectivity index (χ0n) is 20.9. The highest BCUT2D eigenvalue weighted by Gasteiger charge is 2.23. The van der Waals surface area contributed by atoms with E-state index in [1.165, 1.54) is 24.1 Å². The minimum atomic E-state index is -0.815. The Hall–Kier alpha value is -3.14. The highest BCUT2D eigenvalue weighted by molar-refractivity contribution is 9.10. The summed E-state index contributed by atoms with van der Waals surface area (Å²) in [6, 6.07) is 14.6. The number of benzene rings is 3. The smallest absolute Gasteiger partial charge is 0.314 e. The van der Waals surface area contributed by atoms with Gasteiger partial charge in [-0.05, 0) is 67.4 Å². The van der Waals surface area contributed by atoms with Crippen molar-refractivity contribution < 1.29 is 28.2 Å². The fourth-order valence-corrected chi connectivity index (χ4v) is 4.41. The molecule has 3 aromatic rings. The Morgan fingerprint density at radius 3 is 2.71 bits per heavy atom. The number of halogens is 3. The summed E-state index contributed by atoms with van der Waals surface area (Å²) in [5.74, 6) is -0.348. The molecule has 3 aromatic carbocycles. The molecule has 2 amide bonds. The second kappa shape index (κ2) is 12.6. The number of hydrogen-bond donors (Lipinski definition) is 1. The molecule has 0 bridgehead atoms. The molecule has 0 radical (unpaired) electrons. The lowest BCUT2D eigenvalue weighted by Crippen LogP contribution is -2.36. The van der Waals surface area contributed by atoms with Crippen LogP contribution < -0.4 is 14.8 Å². The third kappa shape index (κ3) is 7.24. The highest BCUT2D eigenvalue weighted by Crippen LogP contribution is 2.31. The third-order valence-electron chi connectivity index (χ3n) is 6.02. The van der Waals surface area contributed by atoms with E-state index in [-0.39, 0.29) is 18.3 Å². The highest BCUT2D eigenvalue weighted by atomic mass is 79.9. The number of nitrogens with one attached hydrogen (secondary N) is 1. The van der Waals surface area contributed by atoms with Gasteiger partial charge in [0.25, 0.3) is 0 Å². The fourth-order valence-electron chi connectivity index (χ4n) is 3.89. The molecule has 1 aliphatic rings. The average molecular weight is 606 g/mol. The summed E-state index contributed by atoms with van der Waals surface area (Å²) in [7, 11) is 1.51. The first kappa shape index (κ1) is 27.9. The first-order valence-electron chi connectivity index (χ1n) is 12.0. The average Bonchev–Trinajstić information content (AvgIpc) is 3.40. The number of carbonyl (C=O) groups excluding carboxylic acids is 2. The largest absolute Gasteiger partial charge is 0.491 e. The van der Waals surface area contributed by atoms with Gasteiger partial charge >= 0.3 is 11.8 Å². The predicted octanol–water partition coefficient (Wildman–Crippen LogP) is 6.35. The molecular weight excluding hydrogens is 579 g/mol. The Balaban J connectivity index is 1.44. The van der Waals surface area contributed by atoms with Gasteiger partial charge in [-0.3, -0.25) is 9.59 Å². The first-order chi connectivity index (χ1) is 18.2. The molecule has 1 aliphatic heterocycles. The van der Waals surface area contributed by atoms with Crippen molar-refractivity contribution in [2.45, 2.75) is 19.9 Å². The number of anilines is 1. The van der Waals surface area contributed by atoms with E-state index in [0.717, 1.165) is 10.9 Å². The van der Waals surface area contributed by atoms with Gasteiger partial charge in [-0.1, -0.05) is 33.6 Å². The molecule has 200 valence electrons. The van der Waals surface area contributed by atoms with Crippen LogP contribution in [0, 0.1) is 18.7 Å². The number of hydrogen-bond acceptors (Lipinski definition) is 5. The van der Waals surface area contributed by atoms with E-state index in [1.54, 1.807) is 49.4 Å². The van der Waals surface area contributed by atoms with Crippen molar-refractivity contribution in [1.29, 1.82) is 0 Å². The van der Waals surface area contributed by atoms with E-state index in [1.807, 2.05) is 0 Å². The van der Waals surface area contributed by atoms with E-state index < -0.39 is 11.8 Å². The summed E-state index contributed by atoms with van der Waals surface area (Å²) in [6.07, 6.45) is 0.915. The molecule has 1 atom stereocenters. The van der Waals surface area contributed by atoms with Crippen molar-refractivity contribution in [2.24, 2.45) is 5.92 Å². The van der Waals surface area contributed by atoms with Crippen molar-refractivity contribution in [3.63, 3.8) is 0 Å². The monoisotopic (exact) mass is 604 g/mol. The fraction of sp³-hybridized carbons (Fsp3) is 0.286. The van der Waals surface area contributed by atoms with Crippen LogP contribution in [-0.4, -0.2) is 43.6 Å². The van der Waals surface area contributed by atoms with Crippen molar-refractivity contribution in [3.8, 4) is 17.2 Å². The van der Waals surface area contributed by atoms with Crippen LogP contribution in [0.3, 0.4) is 0 Å². The lowest BCUT2D eigenvalue weighted by atomic mass is 10.1. The maximum atomic E-state index is 13.7. The van der Waals surface area contributed by atoms with Crippen molar-refractivity contribution >= 4 is 45.0 Å². The van der Waals surface area contributed by atoms with Crippen molar-refractivity contribution in [2.75, 3.05) is 32.2 Å². The van der Waals surface area contributed by atoms with E-state index in [9.17, 15) is 14.0 Å². The minimum Gasteiger partial charge on any atom is -0.491 e. The molecule has 1 unspecified atom stereocenters. The minimum absolute atomic E-state index is 0.0719. The number of carbonyl (C=O) groups is 2. The second-order valence-corrected chi connectivity index (χ2v) is 10.4. The normalized spacial score (nSPS) is 14.7. The molecule has 1 fully saturated rings. The molecular formula is C28H27BrClFN2O5. The zero-order chi connectivity index (χ0) is 27.2. The Bertz CT molecular complexity index is 1330. The molecule has 1 saturated heterocycles. The number of likely N-dealkylation sites (N-methyl/N-ethyl adjacent to an activating group) is 1. The quantitative estimate of drug-likeness (QED) is 0.303. The molecule has 1 heterocycles. The maximum absolute atomic E-state index is 13.7. The number of nitrogens with zero attached hydrogens (tertiary/aromatic N) is 1. The topological polar surface area (TPSA) is 77.1 Å². The summed E-state index contributed by atoms with van der Waals surface area (Å²) in [6.45, 7) is 3.51. The van der Waals surface area contributed by atoms with Gasteiger partial charge in [-0.25, -0.2) is 4.39 Å². The van der Waals surface area contributed by atoms with Crippen LogP contribution in [0.1, 0.15) is 17.5 Å². The van der Waals surface area contributed by atoms with Crippen molar-refractivity contribution in [1.82, 2.24) is 4.90 Å². The molecule has 10 heteroatoms. The molecule has 38 heavy (non-hydrogen) atoms. The number of rotatable bonds is 8. The van der Waals surface area contributed by atoms with Crippen LogP contribution in [0.2, 0.25) is 5.02 Å². The second-order valence-electron chi connectivity index (χ2n) is 9.06. The van der Waals surface area contributed by atoms with Gasteiger partial charge in [0.05, 0.1) is 18.9 Å². The summed E-state index contributed by atoms with van der Waals surface area (Å²) in [5.41, 5.74) is 1.43. The van der Waals surface area contributed by atoms with Crippen LogP contribution >= 0.6 is 27.5 Å². The Morgan fingerprint density at radius 2 is 1.97 bits per heavy atom. The zero-order valence-corrected chi connectivity index (χ0v) is 23.3. The van der Waals surface area contributed by atoms with Gasteiger partial charge in [0, 0.05) is 41.2 Å². The van der Waals surface area contributed by atoms with Crippen LogP contribution in [0.25, 0.3) is 0 Å². The van der Waals surface area contributed by atoms with E-state index in [0.29, 0.717) is 58.9 Å². The van der Waals surface area contributed by atoms with E-state index in [4.69, 9.17) is 25.8 Å². The molecule has 0 spiro atoms. The van der Waals surface area contributed by atoms with Gasteiger partial charge in [-0.2, -0.15) is 0 Å². The molecule has 7 nitrogen and oxygen atoms in total. The van der Waals surface area contributed by atoms with Crippen LogP contribution in [-0.2, 0) is 20.9 Å². The predicted molar refractivity (Wildman–Crippen MR) is 146 cm³/mol. The SMILES string of the molecule is Cc1cc(Oc2cc(Cl)ccc2CN(C)C(=O)C(=O)Nc2cc(Br)ccc2OCC2CCOC2)ccc1F.